The number of allylic oxidation sites excluding steroid dienone is 7. The van der Waals surface area contributed by atoms with E-state index in [9.17, 15) is 0 Å². The lowest BCUT2D eigenvalue weighted by Crippen LogP contribution is -1.92. The Hall–Kier alpha value is -1.54. The largest absolute Gasteiger partial charge is 0.489 e. The van der Waals surface area contributed by atoms with Crippen molar-refractivity contribution in [3.05, 3.63) is 81.1 Å². The van der Waals surface area contributed by atoms with Crippen molar-refractivity contribution in [3.8, 4) is 0 Å². The van der Waals surface area contributed by atoms with Crippen molar-refractivity contribution < 1.29 is 4.74 Å². The van der Waals surface area contributed by atoms with Crippen LogP contribution in [0.25, 0.3) is 0 Å². The molecular formula is C19H21BrO. The van der Waals surface area contributed by atoms with Gasteiger partial charge in [-0.1, -0.05) is 51.8 Å². The van der Waals surface area contributed by atoms with Crippen molar-refractivity contribution in [1.82, 2.24) is 0 Å². The zero-order valence-electron chi connectivity index (χ0n) is 12.8. The lowest BCUT2D eigenvalue weighted by atomic mass is 10.0. The smallest absolute Gasteiger partial charge is 0.116 e. The summed E-state index contributed by atoms with van der Waals surface area (Å²) in [5.74, 6) is 0.923. The van der Waals surface area contributed by atoms with E-state index in [0.29, 0.717) is 6.61 Å². The van der Waals surface area contributed by atoms with Crippen LogP contribution in [-0.4, -0.2) is 0 Å². The van der Waals surface area contributed by atoms with Crippen molar-refractivity contribution in [1.29, 1.82) is 0 Å². The maximum atomic E-state index is 5.90. The molecule has 1 aliphatic carbocycles. The predicted octanol–water partition coefficient (Wildman–Crippen LogP) is 6.05. The Kier molecular flexibility index (Phi) is 5.63. The van der Waals surface area contributed by atoms with Gasteiger partial charge in [-0.25, -0.2) is 0 Å². The third-order valence-electron chi connectivity index (χ3n) is 3.64. The van der Waals surface area contributed by atoms with Crippen LogP contribution in [0.2, 0.25) is 0 Å². The van der Waals surface area contributed by atoms with E-state index in [1.807, 2.05) is 24.3 Å². The molecule has 0 aliphatic heterocycles. The summed E-state index contributed by atoms with van der Waals surface area (Å²) < 4.78 is 7.03. The van der Waals surface area contributed by atoms with E-state index in [2.05, 4.69) is 61.0 Å². The highest BCUT2D eigenvalue weighted by molar-refractivity contribution is 9.11. The normalized spacial score (nSPS) is 14.6. The van der Waals surface area contributed by atoms with Gasteiger partial charge in [-0.05, 0) is 62.1 Å². The van der Waals surface area contributed by atoms with Gasteiger partial charge in [0.25, 0.3) is 0 Å². The highest BCUT2D eigenvalue weighted by Crippen LogP contribution is 2.29. The Bertz CT molecular complexity index is 614. The van der Waals surface area contributed by atoms with E-state index in [4.69, 9.17) is 4.74 Å². The quantitative estimate of drug-likeness (QED) is 0.645. The zero-order valence-corrected chi connectivity index (χ0v) is 14.4. The van der Waals surface area contributed by atoms with Crippen molar-refractivity contribution in [2.75, 3.05) is 0 Å². The van der Waals surface area contributed by atoms with Crippen molar-refractivity contribution in [2.24, 2.45) is 0 Å². The number of hydrogen-bond donors (Lipinski definition) is 0. The van der Waals surface area contributed by atoms with E-state index in [1.54, 1.807) is 0 Å². The molecule has 0 amide bonds. The van der Waals surface area contributed by atoms with Gasteiger partial charge < -0.3 is 4.74 Å². The summed E-state index contributed by atoms with van der Waals surface area (Å²) >= 11 is 3.67. The van der Waals surface area contributed by atoms with Crippen LogP contribution in [-0.2, 0) is 11.3 Å². The second-order valence-corrected chi connectivity index (χ2v) is 6.22. The molecule has 0 unspecified atom stereocenters. The molecule has 0 N–H and O–H groups in total. The van der Waals surface area contributed by atoms with Crippen LogP contribution in [0.1, 0.15) is 32.8 Å². The SMILES string of the molecule is CC(C)=C(C)C1=C(Br)C=CC(OCc2ccccc2)=CC1. The second-order valence-electron chi connectivity index (χ2n) is 5.37. The molecule has 21 heavy (non-hydrogen) atoms. The van der Waals surface area contributed by atoms with Gasteiger partial charge in [0, 0.05) is 4.48 Å². The summed E-state index contributed by atoms with van der Waals surface area (Å²) in [6.07, 6.45) is 7.13. The fourth-order valence-electron chi connectivity index (χ4n) is 2.11. The summed E-state index contributed by atoms with van der Waals surface area (Å²) in [5, 5.41) is 0. The van der Waals surface area contributed by atoms with Gasteiger partial charge in [-0.3, -0.25) is 0 Å². The topological polar surface area (TPSA) is 9.23 Å². The third kappa shape index (κ3) is 4.47. The van der Waals surface area contributed by atoms with Gasteiger partial charge >= 0.3 is 0 Å². The second kappa shape index (κ2) is 7.46. The minimum absolute atomic E-state index is 0.603. The molecule has 2 heteroatoms. The molecule has 0 heterocycles. The van der Waals surface area contributed by atoms with Crippen LogP contribution in [0.5, 0.6) is 0 Å². The molecule has 0 saturated carbocycles. The number of rotatable bonds is 4. The molecule has 0 saturated heterocycles. The maximum absolute atomic E-state index is 5.90. The molecule has 1 aliphatic rings. The molecule has 1 nitrogen and oxygen atoms in total. The summed E-state index contributed by atoms with van der Waals surface area (Å²) in [6.45, 7) is 7.07. The molecule has 0 bridgehead atoms. The third-order valence-corrected chi connectivity index (χ3v) is 4.38. The average Bonchev–Trinajstić information content (AvgIpc) is 2.67. The first-order chi connectivity index (χ1) is 10.1. The molecule has 1 aromatic carbocycles. The number of ether oxygens (including phenoxy) is 1. The van der Waals surface area contributed by atoms with E-state index in [0.717, 1.165) is 16.7 Å². The minimum atomic E-state index is 0.603. The van der Waals surface area contributed by atoms with Crippen LogP contribution in [0.15, 0.2) is 75.5 Å². The maximum Gasteiger partial charge on any atom is 0.116 e. The van der Waals surface area contributed by atoms with Crippen molar-refractivity contribution >= 4 is 15.9 Å². The lowest BCUT2D eigenvalue weighted by Gasteiger charge is -2.09. The predicted molar refractivity (Wildman–Crippen MR) is 93.1 cm³/mol. The Morgan fingerprint density at radius 2 is 1.81 bits per heavy atom. The van der Waals surface area contributed by atoms with Gasteiger partial charge in [0.15, 0.2) is 0 Å². The molecule has 1 aromatic rings. The number of halogens is 1. The van der Waals surface area contributed by atoms with Crippen LogP contribution >= 0.6 is 15.9 Å². The lowest BCUT2D eigenvalue weighted by molar-refractivity contribution is 0.210. The minimum Gasteiger partial charge on any atom is -0.489 e. The standard InChI is InChI=1S/C19H21BrO/c1-14(2)15(3)18-11-9-17(10-12-19(18)20)21-13-16-7-5-4-6-8-16/h4-10,12H,11,13H2,1-3H3. The van der Waals surface area contributed by atoms with E-state index < -0.39 is 0 Å². The molecule has 2 rings (SSSR count). The molecule has 0 spiro atoms. The van der Waals surface area contributed by atoms with E-state index in [-0.39, 0.29) is 0 Å². The molecule has 0 radical (unpaired) electrons. The number of hydrogen-bond acceptors (Lipinski definition) is 1. The van der Waals surface area contributed by atoms with Crippen LogP contribution in [0, 0.1) is 0 Å². The van der Waals surface area contributed by atoms with E-state index in [1.165, 1.54) is 22.3 Å². The van der Waals surface area contributed by atoms with Gasteiger partial charge in [0.1, 0.15) is 12.4 Å². The van der Waals surface area contributed by atoms with Gasteiger partial charge in [-0.15, -0.1) is 0 Å². The molecule has 0 atom stereocenters. The van der Waals surface area contributed by atoms with Gasteiger partial charge in [-0.2, -0.15) is 0 Å². The van der Waals surface area contributed by atoms with Gasteiger partial charge in [0.2, 0.25) is 0 Å². The van der Waals surface area contributed by atoms with Crippen LogP contribution < -0.4 is 0 Å². The highest BCUT2D eigenvalue weighted by Gasteiger charge is 2.09. The fourth-order valence-corrected chi connectivity index (χ4v) is 2.70. The summed E-state index contributed by atoms with van der Waals surface area (Å²) in [5.41, 5.74) is 5.19. The molecule has 0 aromatic heterocycles. The summed E-state index contributed by atoms with van der Waals surface area (Å²) in [4.78, 5) is 0. The summed E-state index contributed by atoms with van der Waals surface area (Å²) in [7, 11) is 0. The summed E-state index contributed by atoms with van der Waals surface area (Å²) in [6, 6.07) is 10.2. The molecule has 110 valence electrons. The highest BCUT2D eigenvalue weighted by atomic mass is 79.9. The van der Waals surface area contributed by atoms with Crippen molar-refractivity contribution in [2.45, 2.75) is 33.8 Å². The monoisotopic (exact) mass is 344 g/mol. The first kappa shape index (κ1) is 15.8. The molecule has 0 fully saturated rings. The van der Waals surface area contributed by atoms with E-state index >= 15 is 0 Å². The fraction of sp³-hybridized carbons (Fsp3) is 0.263. The Labute approximate surface area is 135 Å². The van der Waals surface area contributed by atoms with Crippen molar-refractivity contribution in [3.63, 3.8) is 0 Å². The Morgan fingerprint density at radius 3 is 2.48 bits per heavy atom. The zero-order chi connectivity index (χ0) is 15.2. The number of benzene rings is 1. The first-order valence-corrected chi connectivity index (χ1v) is 7.95. The molecular weight excluding hydrogens is 324 g/mol. The first-order valence-electron chi connectivity index (χ1n) is 7.16. The van der Waals surface area contributed by atoms with Crippen LogP contribution in [0.4, 0.5) is 0 Å². The van der Waals surface area contributed by atoms with Gasteiger partial charge in [0.05, 0.1) is 0 Å². The Balaban J connectivity index is 2.07. The Morgan fingerprint density at radius 1 is 1.10 bits per heavy atom. The van der Waals surface area contributed by atoms with Crippen LogP contribution in [0.3, 0.4) is 0 Å². The average molecular weight is 345 g/mol.